The zero-order valence-electron chi connectivity index (χ0n) is 36.5. The maximum Gasteiger partial charge on any atom is 0.164 e. The molecule has 0 unspecified atom stereocenters. The van der Waals surface area contributed by atoms with Crippen LogP contribution in [0.25, 0.3) is 117 Å². The van der Waals surface area contributed by atoms with Crippen LogP contribution in [0.15, 0.2) is 255 Å². The van der Waals surface area contributed by atoms with Crippen molar-refractivity contribution in [1.29, 1.82) is 0 Å². The molecule has 4 nitrogen and oxygen atoms in total. The highest BCUT2D eigenvalue weighted by Crippen LogP contribution is 2.41. The van der Waals surface area contributed by atoms with Gasteiger partial charge in [-0.2, -0.15) is 0 Å². The van der Waals surface area contributed by atoms with E-state index < -0.39 is 0 Å². The number of benzene rings is 10. The lowest BCUT2D eigenvalue weighted by atomic mass is 9.89. The minimum Gasteiger partial charge on any atom is -0.309 e. The van der Waals surface area contributed by atoms with E-state index in [0.717, 1.165) is 50.2 Å². The Morgan fingerprint density at radius 2 is 0.582 bits per heavy atom. The van der Waals surface area contributed by atoms with Gasteiger partial charge in [-0.3, -0.25) is 0 Å². The summed E-state index contributed by atoms with van der Waals surface area (Å²) in [6.45, 7) is 0. The normalized spacial score (nSPS) is 11.3. The van der Waals surface area contributed by atoms with Crippen LogP contribution < -0.4 is 0 Å². The molecule has 0 atom stereocenters. The Bertz CT molecular complexity index is 3640. The maximum absolute atomic E-state index is 5.05. The number of para-hydroxylation sites is 2. The molecule has 0 amide bonds. The highest BCUT2D eigenvalue weighted by molar-refractivity contribution is 6.10. The number of hydrogen-bond acceptors (Lipinski definition) is 3. The van der Waals surface area contributed by atoms with Gasteiger partial charge in [-0.1, -0.05) is 212 Å². The summed E-state index contributed by atoms with van der Waals surface area (Å²) in [4.78, 5) is 15.0. The molecule has 4 heteroatoms. The number of fused-ring (bicyclic) bond motifs is 3. The van der Waals surface area contributed by atoms with E-state index in [4.69, 9.17) is 15.0 Å². The van der Waals surface area contributed by atoms with Crippen LogP contribution in [0, 0.1) is 0 Å². The zero-order valence-corrected chi connectivity index (χ0v) is 36.5. The van der Waals surface area contributed by atoms with E-state index in [0.29, 0.717) is 17.5 Å². The van der Waals surface area contributed by atoms with Gasteiger partial charge < -0.3 is 4.57 Å². The molecule has 0 aliphatic rings. The number of rotatable bonds is 9. The van der Waals surface area contributed by atoms with Crippen LogP contribution >= 0.6 is 0 Å². The molecule has 0 radical (unpaired) electrons. The molecule has 10 aromatic carbocycles. The lowest BCUT2D eigenvalue weighted by molar-refractivity contribution is 1.07. The Morgan fingerprint density at radius 3 is 1.12 bits per heavy atom. The van der Waals surface area contributed by atoms with Gasteiger partial charge in [0.05, 0.1) is 11.0 Å². The molecule has 0 spiro atoms. The van der Waals surface area contributed by atoms with Crippen molar-refractivity contribution in [3.05, 3.63) is 255 Å². The minimum atomic E-state index is 0.627. The van der Waals surface area contributed by atoms with Crippen molar-refractivity contribution in [1.82, 2.24) is 19.5 Å². The van der Waals surface area contributed by atoms with Crippen molar-refractivity contribution in [2.75, 3.05) is 0 Å². The third kappa shape index (κ3) is 7.57. The quantitative estimate of drug-likeness (QED) is 0.145. The molecule has 0 aliphatic heterocycles. The van der Waals surface area contributed by atoms with Crippen molar-refractivity contribution in [3.8, 4) is 95.5 Å². The van der Waals surface area contributed by atoms with Crippen LogP contribution in [0.3, 0.4) is 0 Å². The average molecular weight is 855 g/mol. The molecule has 12 aromatic rings. The highest BCUT2D eigenvalue weighted by Gasteiger charge is 2.18. The summed E-state index contributed by atoms with van der Waals surface area (Å²) in [5, 5.41) is 2.48. The van der Waals surface area contributed by atoms with Gasteiger partial charge in [0.25, 0.3) is 0 Å². The van der Waals surface area contributed by atoms with Gasteiger partial charge in [-0.05, 0) is 98.1 Å². The minimum absolute atomic E-state index is 0.627. The summed E-state index contributed by atoms with van der Waals surface area (Å²) in [6, 6.07) is 90.3. The first kappa shape index (κ1) is 39.6. The molecular formula is C63H42N4. The standard InChI is InChI=1S/C63H42N4/c1-6-18-43(19-7-1)56-40-49(50-36-39-60-58(41-50)55-28-16-17-29-59(55)67(60)52-26-14-5-15-27-52)34-37-53(56)45-30-32-46(33-31-45)54-38-35-51(42-57(54)44-20-8-2-9-21-44)63-65-61(47-22-10-3-11-23-47)64-62(66-63)48-24-12-4-13-25-48/h1-42H. The van der Waals surface area contributed by atoms with Gasteiger partial charge in [0, 0.05) is 33.2 Å². The highest BCUT2D eigenvalue weighted by atomic mass is 15.0. The lowest BCUT2D eigenvalue weighted by Gasteiger charge is -2.16. The second-order valence-corrected chi connectivity index (χ2v) is 16.8. The molecule has 0 bridgehead atoms. The largest absolute Gasteiger partial charge is 0.309 e. The average Bonchev–Trinajstić information content (AvgIpc) is 3.75. The second kappa shape index (κ2) is 17.2. The third-order valence-electron chi connectivity index (χ3n) is 12.7. The Morgan fingerprint density at radius 1 is 0.224 bits per heavy atom. The van der Waals surface area contributed by atoms with E-state index in [1.54, 1.807) is 0 Å². The topological polar surface area (TPSA) is 43.6 Å². The molecule has 0 saturated heterocycles. The van der Waals surface area contributed by atoms with E-state index in [-0.39, 0.29) is 0 Å². The molecule has 2 heterocycles. The van der Waals surface area contributed by atoms with Gasteiger partial charge in [0.15, 0.2) is 17.5 Å². The molecule has 0 N–H and O–H groups in total. The van der Waals surface area contributed by atoms with Crippen LogP contribution in [0.1, 0.15) is 0 Å². The predicted molar refractivity (Wildman–Crippen MR) is 278 cm³/mol. The van der Waals surface area contributed by atoms with Crippen LogP contribution in [-0.2, 0) is 0 Å². The molecule has 67 heavy (non-hydrogen) atoms. The summed E-state index contributed by atoms with van der Waals surface area (Å²) >= 11 is 0. The fraction of sp³-hybridized carbons (Fsp3) is 0. The van der Waals surface area contributed by atoms with Gasteiger partial charge in [0.2, 0.25) is 0 Å². The molecular weight excluding hydrogens is 813 g/mol. The van der Waals surface area contributed by atoms with E-state index in [1.807, 2.05) is 60.7 Å². The zero-order chi connectivity index (χ0) is 44.5. The first-order valence-electron chi connectivity index (χ1n) is 22.7. The van der Waals surface area contributed by atoms with Gasteiger partial charge in [-0.15, -0.1) is 0 Å². The van der Waals surface area contributed by atoms with Crippen LogP contribution in [0.5, 0.6) is 0 Å². The van der Waals surface area contributed by atoms with Crippen molar-refractivity contribution in [3.63, 3.8) is 0 Å². The van der Waals surface area contributed by atoms with E-state index in [1.165, 1.54) is 49.6 Å². The van der Waals surface area contributed by atoms with Crippen molar-refractivity contribution in [2.24, 2.45) is 0 Å². The lowest BCUT2D eigenvalue weighted by Crippen LogP contribution is -2.00. The molecule has 0 aliphatic carbocycles. The predicted octanol–water partition coefficient (Wildman–Crippen LogP) is 16.3. The Hall–Kier alpha value is -8.99. The molecule has 2 aromatic heterocycles. The summed E-state index contributed by atoms with van der Waals surface area (Å²) in [7, 11) is 0. The van der Waals surface area contributed by atoms with Crippen molar-refractivity contribution in [2.45, 2.75) is 0 Å². The fourth-order valence-electron chi connectivity index (χ4n) is 9.40. The third-order valence-corrected chi connectivity index (χ3v) is 12.7. The van der Waals surface area contributed by atoms with E-state index in [2.05, 4.69) is 199 Å². The van der Waals surface area contributed by atoms with Gasteiger partial charge in [-0.25, -0.2) is 15.0 Å². The van der Waals surface area contributed by atoms with E-state index in [9.17, 15) is 0 Å². The summed E-state index contributed by atoms with van der Waals surface area (Å²) < 4.78 is 2.37. The summed E-state index contributed by atoms with van der Waals surface area (Å²) in [5.41, 5.74) is 17.9. The molecule has 12 rings (SSSR count). The number of hydrogen-bond donors (Lipinski definition) is 0. The second-order valence-electron chi connectivity index (χ2n) is 16.8. The van der Waals surface area contributed by atoms with Gasteiger partial charge in [0.1, 0.15) is 0 Å². The fourth-order valence-corrected chi connectivity index (χ4v) is 9.40. The van der Waals surface area contributed by atoms with Crippen molar-refractivity contribution >= 4 is 21.8 Å². The van der Waals surface area contributed by atoms with E-state index >= 15 is 0 Å². The van der Waals surface area contributed by atoms with Crippen LogP contribution in [0.4, 0.5) is 0 Å². The Balaban J connectivity index is 0.934. The smallest absolute Gasteiger partial charge is 0.164 e. The number of aromatic nitrogens is 4. The SMILES string of the molecule is c1ccc(-c2nc(-c3ccccc3)nc(-c3ccc(-c4ccc(-c5ccc(-c6ccc7c(c6)c6ccccc6n7-c6ccccc6)cc5-c5ccccc5)cc4)c(-c4ccccc4)c3)n2)cc1. The molecule has 0 saturated carbocycles. The first-order valence-corrected chi connectivity index (χ1v) is 22.7. The maximum atomic E-state index is 5.05. The van der Waals surface area contributed by atoms with Gasteiger partial charge >= 0.3 is 0 Å². The Kier molecular flexibility index (Phi) is 10.2. The Labute approximate surface area is 389 Å². The number of nitrogens with zero attached hydrogens (tertiary/aromatic N) is 4. The summed E-state index contributed by atoms with van der Waals surface area (Å²) in [5.74, 6) is 1.91. The molecule has 0 fully saturated rings. The first-order chi connectivity index (χ1) is 33.2. The summed E-state index contributed by atoms with van der Waals surface area (Å²) in [6.07, 6.45) is 0. The molecule has 314 valence electrons. The van der Waals surface area contributed by atoms with Crippen LogP contribution in [0.2, 0.25) is 0 Å². The van der Waals surface area contributed by atoms with Crippen LogP contribution in [-0.4, -0.2) is 19.5 Å². The monoisotopic (exact) mass is 854 g/mol. The van der Waals surface area contributed by atoms with Crippen molar-refractivity contribution < 1.29 is 0 Å².